The van der Waals surface area contributed by atoms with Gasteiger partial charge in [-0.1, -0.05) is 29.8 Å². The maximum atomic E-state index is 6.10. The molecule has 1 heterocycles. The summed E-state index contributed by atoms with van der Waals surface area (Å²) in [6.07, 6.45) is 0. The van der Waals surface area contributed by atoms with Crippen molar-refractivity contribution in [3.05, 3.63) is 34.9 Å². The fourth-order valence-electron chi connectivity index (χ4n) is 1.52. The highest BCUT2D eigenvalue weighted by Crippen LogP contribution is 2.17. The van der Waals surface area contributed by atoms with Crippen LogP contribution in [0.5, 0.6) is 0 Å². The maximum absolute atomic E-state index is 6.10. The van der Waals surface area contributed by atoms with Gasteiger partial charge in [0.15, 0.2) is 0 Å². The number of hydrogen-bond donors (Lipinski definition) is 3. The average Bonchev–Trinajstić information content (AvgIpc) is 2.46. The Morgan fingerprint density at radius 3 is 2.50 bits per heavy atom. The molecular formula is C12H16ClN7. The van der Waals surface area contributed by atoms with Gasteiger partial charge in [-0.25, -0.2) is 5.84 Å². The van der Waals surface area contributed by atoms with Crippen LogP contribution in [0, 0.1) is 0 Å². The standard InChI is InChI=1S/C12H16ClN7/c1-20(2)12-17-10(16-11(18-12)19-14)15-7-8-5-3-4-6-9(8)13/h3-6H,7,14H2,1-2H3,(H2,15,16,17,18,19). The van der Waals surface area contributed by atoms with E-state index in [1.54, 1.807) is 4.90 Å². The van der Waals surface area contributed by atoms with Crippen molar-refractivity contribution in [2.75, 3.05) is 29.7 Å². The number of nitrogens with one attached hydrogen (secondary N) is 2. The van der Waals surface area contributed by atoms with E-state index in [9.17, 15) is 0 Å². The number of hydrogen-bond acceptors (Lipinski definition) is 7. The summed E-state index contributed by atoms with van der Waals surface area (Å²) in [4.78, 5) is 14.3. The van der Waals surface area contributed by atoms with Crippen LogP contribution in [-0.2, 0) is 6.54 Å². The molecule has 0 bridgehead atoms. The van der Waals surface area contributed by atoms with E-state index in [0.717, 1.165) is 5.56 Å². The Labute approximate surface area is 122 Å². The first-order valence-corrected chi connectivity index (χ1v) is 6.35. The molecule has 0 fully saturated rings. The fourth-order valence-corrected chi connectivity index (χ4v) is 1.73. The van der Waals surface area contributed by atoms with Gasteiger partial charge in [0.25, 0.3) is 0 Å². The fraction of sp³-hybridized carbons (Fsp3) is 0.250. The van der Waals surface area contributed by atoms with Gasteiger partial charge in [0.05, 0.1) is 0 Å². The van der Waals surface area contributed by atoms with E-state index in [1.165, 1.54) is 0 Å². The van der Waals surface area contributed by atoms with Gasteiger partial charge in [0.1, 0.15) is 0 Å². The first-order valence-electron chi connectivity index (χ1n) is 5.97. The molecule has 0 atom stereocenters. The molecule has 0 aliphatic rings. The molecule has 0 unspecified atom stereocenters. The minimum absolute atomic E-state index is 0.297. The average molecular weight is 294 g/mol. The zero-order valence-corrected chi connectivity index (χ0v) is 12.0. The van der Waals surface area contributed by atoms with E-state index in [4.69, 9.17) is 17.4 Å². The molecule has 0 aliphatic carbocycles. The van der Waals surface area contributed by atoms with Crippen LogP contribution < -0.4 is 21.5 Å². The van der Waals surface area contributed by atoms with Gasteiger partial charge in [-0.15, -0.1) is 0 Å². The molecule has 0 aliphatic heterocycles. The van der Waals surface area contributed by atoms with Crippen molar-refractivity contribution in [2.45, 2.75) is 6.54 Å². The molecule has 106 valence electrons. The Morgan fingerprint density at radius 2 is 1.85 bits per heavy atom. The van der Waals surface area contributed by atoms with E-state index >= 15 is 0 Å². The van der Waals surface area contributed by atoms with E-state index in [2.05, 4.69) is 25.7 Å². The highest BCUT2D eigenvalue weighted by Gasteiger charge is 2.07. The Bertz CT molecular complexity index is 588. The lowest BCUT2D eigenvalue weighted by molar-refractivity contribution is 0.939. The van der Waals surface area contributed by atoms with Gasteiger partial charge in [-0.2, -0.15) is 15.0 Å². The molecule has 0 saturated carbocycles. The number of nitrogens with two attached hydrogens (primary N) is 1. The lowest BCUT2D eigenvalue weighted by Crippen LogP contribution is -2.19. The predicted octanol–water partition coefficient (Wildman–Crippen LogP) is 1.49. The summed E-state index contributed by atoms with van der Waals surface area (Å²) >= 11 is 6.10. The topological polar surface area (TPSA) is 92.0 Å². The second-order valence-corrected chi connectivity index (χ2v) is 4.67. The molecule has 0 saturated heterocycles. The zero-order valence-electron chi connectivity index (χ0n) is 11.3. The number of aromatic nitrogens is 3. The third-order valence-electron chi connectivity index (χ3n) is 2.55. The molecule has 0 spiro atoms. The summed E-state index contributed by atoms with van der Waals surface area (Å²) in [7, 11) is 3.68. The molecule has 0 amide bonds. The quantitative estimate of drug-likeness (QED) is 0.568. The lowest BCUT2D eigenvalue weighted by atomic mass is 10.2. The third-order valence-corrected chi connectivity index (χ3v) is 2.92. The van der Waals surface area contributed by atoms with E-state index in [-0.39, 0.29) is 0 Å². The summed E-state index contributed by atoms with van der Waals surface area (Å²) < 4.78 is 0. The molecule has 0 radical (unpaired) electrons. The van der Waals surface area contributed by atoms with Gasteiger partial charge in [0.2, 0.25) is 17.8 Å². The Balaban J connectivity index is 2.17. The number of nitrogen functional groups attached to an aromatic ring is 1. The predicted molar refractivity (Wildman–Crippen MR) is 80.7 cm³/mol. The summed E-state index contributed by atoms with van der Waals surface area (Å²) in [5, 5.41) is 3.80. The maximum Gasteiger partial charge on any atom is 0.243 e. The van der Waals surface area contributed by atoms with Crippen molar-refractivity contribution in [2.24, 2.45) is 5.84 Å². The smallest absolute Gasteiger partial charge is 0.243 e. The van der Waals surface area contributed by atoms with Crippen molar-refractivity contribution < 1.29 is 0 Å². The number of hydrazine groups is 1. The van der Waals surface area contributed by atoms with Crippen LogP contribution in [-0.4, -0.2) is 29.0 Å². The molecule has 1 aromatic heterocycles. The van der Waals surface area contributed by atoms with Gasteiger partial charge in [-0.05, 0) is 11.6 Å². The first-order chi connectivity index (χ1) is 9.60. The van der Waals surface area contributed by atoms with Gasteiger partial charge in [0, 0.05) is 25.7 Å². The van der Waals surface area contributed by atoms with Gasteiger partial charge >= 0.3 is 0 Å². The number of rotatable bonds is 5. The van der Waals surface area contributed by atoms with Crippen molar-refractivity contribution in [1.82, 2.24) is 15.0 Å². The zero-order chi connectivity index (χ0) is 14.5. The second kappa shape index (κ2) is 6.36. The molecule has 4 N–H and O–H groups in total. The van der Waals surface area contributed by atoms with Gasteiger partial charge < -0.3 is 10.2 Å². The molecule has 1 aromatic carbocycles. The van der Waals surface area contributed by atoms with Crippen LogP contribution >= 0.6 is 11.6 Å². The molecule has 8 heteroatoms. The molecule has 2 aromatic rings. The number of halogens is 1. The van der Waals surface area contributed by atoms with Crippen molar-refractivity contribution in [3.63, 3.8) is 0 Å². The summed E-state index contributed by atoms with van der Waals surface area (Å²) in [5.74, 6) is 6.58. The van der Waals surface area contributed by atoms with E-state index in [1.807, 2.05) is 38.4 Å². The summed E-state index contributed by atoms with van der Waals surface area (Å²) in [6, 6.07) is 7.58. The summed E-state index contributed by atoms with van der Waals surface area (Å²) in [6.45, 7) is 0.514. The third kappa shape index (κ3) is 3.46. The lowest BCUT2D eigenvalue weighted by Gasteiger charge is -2.13. The van der Waals surface area contributed by atoms with Crippen molar-refractivity contribution in [1.29, 1.82) is 0 Å². The van der Waals surface area contributed by atoms with E-state index < -0.39 is 0 Å². The second-order valence-electron chi connectivity index (χ2n) is 4.27. The highest BCUT2D eigenvalue weighted by molar-refractivity contribution is 6.31. The summed E-state index contributed by atoms with van der Waals surface area (Å²) in [5.41, 5.74) is 3.38. The largest absolute Gasteiger partial charge is 0.350 e. The minimum atomic E-state index is 0.297. The SMILES string of the molecule is CN(C)c1nc(NN)nc(NCc2ccccc2Cl)n1. The highest BCUT2D eigenvalue weighted by atomic mass is 35.5. The van der Waals surface area contributed by atoms with Crippen LogP contribution in [0.15, 0.2) is 24.3 Å². The number of anilines is 3. The molecule has 20 heavy (non-hydrogen) atoms. The number of nitrogens with zero attached hydrogens (tertiary/aromatic N) is 4. The van der Waals surface area contributed by atoms with Crippen molar-refractivity contribution in [3.8, 4) is 0 Å². The van der Waals surface area contributed by atoms with Crippen molar-refractivity contribution >= 4 is 29.4 Å². The van der Waals surface area contributed by atoms with Crippen LogP contribution in [0.2, 0.25) is 5.02 Å². The molecule has 2 rings (SSSR count). The first kappa shape index (κ1) is 14.3. The minimum Gasteiger partial charge on any atom is -0.350 e. The monoisotopic (exact) mass is 293 g/mol. The van der Waals surface area contributed by atoms with Gasteiger partial charge in [-0.3, -0.25) is 5.43 Å². The van der Waals surface area contributed by atoms with Crippen LogP contribution in [0.1, 0.15) is 5.56 Å². The Hall–Kier alpha value is -2.12. The molecule has 7 nitrogen and oxygen atoms in total. The Morgan fingerprint density at radius 1 is 1.15 bits per heavy atom. The van der Waals surface area contributed by atoms with Crippen LogP contribution in [0.4, 0.5) is 17.8 Å². The normalized spacial score (nSPS) is 10.2. The van der Waals surface area contributed by atoms with Crippen LogP contribution in [0.3, 0.4) is 0 Å². The number of benzene rings is 1. The Kier molecular flexibility index (Phi) is 4.54. The van der Waals surface area contributed by atoms with Crippen LogP contribution in [0.25, 0.3) is 0 Å². The van der Waals surface area contributed by atoms with E-state index in [0.29, 0.717) is 29.4 Å². The molecular weight excluding hydrogens is 278 g/mol.